The summed E-state index contributed by atoms with van der Waals surface area (Å²) in [6.45, 7) is 7.99. The van der Waals surface area contributed by atoms with Gasteiger partial charge in [-0.25, -0.2) is 0 Å². The fourth-order valence-electron chi connectivity index (χ4n) is 4.63. The van der Waals surface area contributed by atoms with E-state index in [1.54, 1.807) is 0 Å². The zero-order valence-electron chi connectivity index (χ0n) is 22.5. The Morgan fingerprint density at radius 2 is 1.73 bits per heavy atom. The van der Waals surface area contributed by atoms with E-state index in [1.807, 2.05) is 80.6 Å². The molecule has 0 spiro atoms. The Kier molecular flexibility index (Phi) is 8.12. The number of carbonyl (C=O) groups is 2. The number of halogens is 1. The molecule has 3 aromatic carbocycles. The Balaban J connectivity index is 1.56. The van der Waals surface area contributed by atoms with Crippen molar-refractivity contribution >= 4 is 57.3 Å². The molecule has 1 N–H and O–H groups in total. The Morgan fingerprint density at radius 1 is 1.02 bits per heavy atom. The van der Waals surface area contributed by atoms with Crippen molar-refractivity contribution in [2.75, 3.05) is 4.90 Å². The molecule has 0 aliphatic carbocycles. The number of aliphatic hydroxyl groups is 1. The lowest BCUT2D eigenvalue weighted by Crippen LogP contribution is -2.29. The highest BCUT2D eigenvalue weighted by atomic mass is 35.5. The molecule has 1 atom stereocenters. The first-order valence-electron chi connectivity index (χ1n) is 12.8. The van der Waals surface area contributed by atoms with E-state index < -0.39 is 17.7 Å². The third-order valence-corrected chi connectivity index (χ3v) is 9.27. The van der Waals surface area contributed by atoms with Crippen LogP contribution < -0.4 is 4.90 Å². The van der Waals surface area contributed by atoms with Crippen molar-refractivity contribution < 1.29 is 14.7 Å². The fourth-order valence-corrected chi connectivity index (χ4v) is 6.58. The number of anilines is 1. The van der Waals surface area contributed by atoms with Gasteiger partial charge in [0.25, 0.3) is 5.78 Å². The molecular formula is C31H28ClN3O3S2. The van der Waals surface area contributed by atoms with Crippen molar-refractivity contribution in [1.29, 1.82) is 0 Å². The molecule has 0 bridgehead atoms. The lowest BCUT2D eigenvalue weighted by Gasteiger charge is -2.23. The van der Waals surface area contributed by atoms with E-state index in [0.717, 1.165) is 22.3 Å². The van der Waals surface area contributed by atoms with Gasteiger partial charge in [0, 0.05) is 16.3 Å². The summed E-state index contributed by atoms with van der Waals surface area (Å²) in [5.74, 6) is -0.713. The van der Waals surface area contributed by atoms with Crippen LogP contribution in [-0.2, 0) is 15.3 Å². The molecule has 5 rings (SSSR count). The van der Waals surface area contributed by atoms with Crippen LogP contribution in [0.15, 0.2) is 76.6 Å². The van der Waals surface area contributed by atoms with Crippen LogP contribution in [0.4, 0.5) is 5.13 Å². The van der Waals surface area contributed by atoms with Crippen LogP contribution >= 0.6 is 34.7 Å². The Hall–Kier alpha value is -3.46. The fraction of sp³-hybridized carbons (Fsp3) is 0.226. The molecule has 2 heterocycles. The van der Waals surface area contributed by atoms with Crippen molar-refractivity contribution in [2.45, 2.75) is 49.7 Å². The zero-order valence-corrected chi connectivity index (χ0v) is 24.9. The van der Waals surface area contributed by atoms with E-state index in [2.05, 4.69) is 24.0 Å². The highest BCUT2D eigenvalue weighted by molar-refractivity contribution is 8.00. The number of amides is 1. The second kappa shape index (κ2) is 11.6. The highest BCUT2D eigenvalue weighted by Crippen LogP contribution is 2.44. The highest BCUT2D eigenvalue weighted by Gasteiger charge is 2.48. The Bertz CT molecular complexity index is 1610. The van der Waals surface area contributed by atoms with Gasteiger partial charge < -0.3 is 5.11 Å². The first-order valence-corrected chi connectivity index (χ1v) is 15.0. The molecule has 1 fully saturated rings. The van der Waals surface area contributed by atoms with Crippen LogP contribution in [-0.4, -0.2) is 27.0 Å². The number of aliphatic hydroxyl groups excluding tert-OH is 1. The average Bonchev–Trinajstić information content (AvgIpc) is 3.51. The van der Waals surface area contributed by atoms with Gasteiger partial charge in [-0.2, -0.15) is 0 Å². The first-order chi connectivity index (χ1) is 19.1. The topological polar surface area (TPSA) is 83.4 Å². The number of carbonyl (C=O) groups excluding carboxylic acids is 2. The Morgan fingerprint density at radius 3 is 2.40 bits per heavy atom. The number of aryl methyl sites for hydroxylation is 2. The molecule has 204 valence electrons. The van der Waals surface area contributed by atoms with Crippen molar-refractivity contribution in [1.82, 2.24) is 10.2 Å². The summed E-state index contributed by atoms with van der Waals surface area (Å²) >= 11 is 8.73. The number of ketones is 1. The quantitative estimate of drug-likeness (QED) is 0.0777. The normalized spacial score (nSPS) is 16.8. The van der Waals surface area contributed by atoms with Gasteiger partial charge in [0.15, 0.2) is 4.34 Å². The summed E-state index contributed by atoms with van der Waals surface area (Å²) < 4.78 is 0.662. The largest absolute Gasteiger partial charge is 0.507 e. The summed E-state index contributed by atoms with van der Waals surface area (Å²) in [6, 6.07) is 20.2. The zero-order chi connectivity index (χ0) is 28.6. The standard InChI is InChI=1S/C31H28ClN3O3S2/c1-17(2)21-9-11-22(12-10-21)26-25(27(36)24-15-18(3)5-6-19(24)4)28(37)29(38)35(26)30-33-34-31(40-30)39-16-20-7-13-23(32)14-8-20/h5-15,17,26,36H,16H2,1-4H3. The number of benzene rings is 3. The van der Waals surface area contributed by atoms with Gasteiger partial charge in [0.2, 0.25) is 5.13 Å². The van der Waals surface area contributed by atoms with Crippen molar-refractivity contribution in [2.24, 2.45) is 0 Å². The van der Waals surface area contributed by atoms with Crippen LogP contribution in [0.5, 0.6) is 0 Å². The number of Topliss-reactive ketones (excluding diaryl/α,β-unsaturated/α-hetero) is 1. The third kappa shape index (κ3) is 5.57. The molecule has 9 heteroatoms. The van der Waals surface area contributed by atoms with E-state index in [0.29, 0.717) is 37.3 Å². The monoisotopic (exact) mass is 589 g/mol. The summed E-state index contributed by atoms with van der Waals surface area (Å²) in [5.41, 5.74) is 5.23. The molecule has 1 aliphatic heterocycles. The third-order valence-electron chi connectivity index (χ3n) is 6.89. The van der Waals surface area contributed by atoms with Crippen LogP contribution in [0.3, 0.4) is 0 Å². The van der Waals surface area contributed by atoms with E-state index in [1.165, 1.54) is 28.0 Å². The van der Waals surface area contributed by atoms with Gasteiger partial charge in [0.1, 0.15) is 5.76 Å². The summed E-state index contributed by atoms with van der Waals surface area (Å²) in [4.78, 5) is 28.4. The van der Waals surface area contributed by atoms with Gasteiger partial charge in [0.05, 0.1) is 11.6 Å². The van der Waals surface area contributed by atoms with Gasteiger partial charge >= 0.3 is 5.91 Å². The molecule has 40 heavy (non-hydrogen) atoms. The smallest absolute Gasteiger partial charge is 0.301 e. The molecule has 1 aliphatic rings. The Labute approximate surface area is 246 Å². The summed E-state index contributed by atoms with van der Waals surface area (Å²) in [5, 5.41) is 21.1. The second-order valence-corrected chi connectivity index (χ2v) is 12.7. The van der Waals surface area contributed by atoms with E-state index in [9.17, 15) is 14.7 Å². The van der Waals surface area contributed by atoms with E-state index >= 15 is 0 Å². The molecule has 1 saturated heterocycles. The van der Waals surface area contributed by atoms with E-state index in [4.69, 9.17) is 11.6 Å². The molecule has 1 unspecified atom stereocenters. The maximum absolute atomic E-state index is 13.5. The second-order valence-electron chi connectivity index (χ2n) is 10.1. The maximum atomic E-state index is 13.5. The number of nitrogens with zero attached hydrogens (tertiary/aromatic N) is 3. The molecule has 0 saturated carbocycles. The number of rotatable bonds is 7. The van der Waals surface area contributed by atoms with Crippen LogP contribution in [0.25, 0.3) is 5.76 Å². The summed E-state index contributed by atoms with van der Waals surface area (Å²) in [6.07, 6.45) is 0. The average molecular weight is 590 g/mol. The number of hydrogen-bond donors (Lipinski definition) is 1. The molecule has 4 aromatic rings. The minimum absolute atomic E-state index is 0.0431. The summed E-state index contributed by atoms with van der Waals surface area (Å²) in [7, 11) is 0. The number of aromatic nitrogens is 2. The van der Waals surface area contributed by atoms with Crippen molar-refractivity contribution in [3.8, 4) is 0 Å². The van der Waals surface area contributed by atoms with Crippen molar-refractivity contribution in [3.05, 3.63) is 111 Å². The lowest BCUT2D eigenvalue weighted by atomic mass is 9.92. The predicted molar refractivity (Wildman–Crippen MR) is 162 cm³/mol. The van der Waals surface area contributed by atoms with Crippen molar-refractivity contribution in [3.63, 3.8) is 0 Å². The number of thioether (sulfide) groups is 1. The minimum Gasteiger partial charge on any atom is -0.507 e. The molecule has 0 radical (unpaired) electrons. The maximum Gasteiger partial charge on any atom is 0.301 e. The minimum atomic E-state index is -0.844. The lowest BCUT2D eigenvalue weighted by molar-refractivity contribution is -0.132. The molecule has 1 amide bonds. The van der Waals surface area contributed by atoms with Crippen LogP contribution in [0, 0.1) is 13.8 Å². The SMILES string of the molecule is Cc1ccc(C)c(C(O)=C2C(=O)C(=O)N(c3nnc(SCc4ccc(Cl)cc4)s3)C2c2ccc(C(C)C)cc2)c1. The molecular weight excluding hydrogens is 562 g/mol. The first kappa shape index (κ1) is 28.1. The van der Waals surface area contributed by atoms with Crippen LogP contribution in [0.2, 0.25) is 5.02 Å². The van der Waals surface area contributed by atoms with Gasteiger partial charge in [-0.3, -0.25) is 14.5 Å². The number of hydrogen-bond acceptors (Lipinski definition) is 7. The van der Waals surface area contributed by atoms with Gasteiger partial charge in [-0.1, -0.05) is 103 Å². The van der Waals surface area contributed by atoms with Gasteiger partial charge in [-0.05, 0) is 60.2 Å². The molecule has 6 nitrogen and oxygen atoms in total. The molecule has 1 aromatic heterocycles. The van der Waals surface area contributed by atoms with Crippen LogP contribution in [0.1, 0.15) is 59.2 Å². The van der Waals surface area contributed by atoms with Gasteiger partial charge in [-0.15, -0.1) is 10.2 Å². The predicted octanol–water partition coefficient (Wildman–Crippen LogP) is 7.85. The van der Waals surface area contributed by atoms with E-state index in [-0.39, 0.29) is 11.3 Å².